The second kappa shape index (κ2) is 4.16. The molecule has 2 rings (SSSR count). The van der Waals surface area contributed by atoms with Crippen molar-refractivity contribution < 1.29 is 18.7 Å². The van der Waals surface area contributed by atoms with Gasteiger partial charge in [0, 0.05) is 6.92 Å². The highest BCUT2D eigenvalue weighted by Gasteiger charge is 2.24. The van der Waals surface area contributed by atoms with Crippen LogP contribution in [0.15, 0.2) is 16.5 Å². The first kappa shape index (κ1) is 10.4. The molecule has 1 saturated heterocycles. The maximum Gasteiger partial charge on any atom is 0.217 e. The number of furan rings is 1. The predicted octanol–water partition coefficient (Wildman–Crippen LogP) is 2.31. The van der Waals surface area contributed by atoms with Gasteiger partial charge in [0.15, 0.2) is 17.3 Å². The number of hydrogen-bond donors (Lipinski definition) is 0. The average molecular weight is 210 g/mol. The van der Waals surface area contributed by atoms with E-state index >= 15 is 0 Å². The molecule has 0 aliphatic carbocycles. The fourth-order valence-corrected chi connectivity index (χ4v) is 1.48. The number of ketones is 1. The van der Waals surface area contributed by atoms with E-state index in [9.17, 15) is 4.79 Å². The number of Topliss-reactive ketones (excluding diaryl/α,β-unsaturated/α-hetero) is 1. The van der Waals surface area contributed by atoms with E-state index in [1.54, 1.807) is 12.1 Å². The normalized spacial score (nSPS) is 26.5. The maximum atomic E-state index is 11.0. The summed E-state index contributed by atoms with van der Waals surface area (Å²) < 4.78 is 16.3. The number of carbonyl (C=O) groups is 1. The molecule has 1 aromatic rings. The zero-order valence-electron chi connectivity index (χ0n) is 8.86. The maximum absolute atomic E-state index is 11.0. The van der Waals surface area contributed by atoms with Crippen LogP contribution in [0.3, 0.4) is 0 Å². The summed E-state index contributed by atoms with van der Waals surface area (Å²) in [7, 11) is 0. The molecule has 15 heavy (non-hydrogen) atoms. The van der Waals surface area contributed by atoms with E-state index in [1.807, 2.05) is 6.92 Å². The summed E-state index contributed by atoms with van der Waals surface area (Å²) in [6.45, 7) is 4.11. The van der Waals surface area contributed by atoms with Gasteiger partial charge in [0.2, 0.25) is 6.29 Å². The molecule has 4 nitrogen and oxygen atoms in total. The van der Waals surface area contributed by atoms with Crippen LogP contribution in [-0.4, -0.2) is 18.5 Å². The molecule has 82 valence electrons. The van der Waals surface area contributed by atoms with Gasteiger partial charge in [-0.3, -0.25) is 4.79 Å². The highest BCUT2D eigenvalue weighted by atomic mass is 16.7. The van der Waals surface area contributed by atoms with Crippen molar-refractivity contribution in [2.24, 2.45) is 0 Å². The van der Waals surface area contributed by atoms with Crippen molar-refractivity contribution in [1.29, 1.82) is 0 Å². The molecular weight excluding hydrogens is 196 g/mol. The van der Waals surface area contributed by atoms with Crippen LogP contribution < -0.4 is 0 Å². The quantitative estimate of drug-likeness (QED) is 0.703. The molecule has 0 radical (unpaired) electrons. The molecule has 4 heteroatoms. The molecule has 0 aromatic carbocycles. The minimum atomic E-state index is -0.471. The van der Waals surface area contributed by atoms with Crippen molar-refractivity contribution in [3.05, 3.63) is 23.7 Å². The molecule has 0 spiro atoms. The van der Waals surface area contributed by atoms with Gasteiger partial charge in [-0.15, -0.1) is 0 Å². The van der Waals surface area contributed by atoms with Crippen LogP contribution in [0, 0.1) is 0 Å². The Bertz CT molecular complexity index is 355. The van der Waals surface area contributed by atoms with Gasteiger partial charge in [-0.05, 0) is 25.5 Å². The fourth-order valence-electron chi connectivity index (χ4n) is 1.48. The molecule has 0 saturated carbocycles. The summed E-state index contributed by atoms with van der Waals surface area (Å²) in [6, 6.07) is 3.36. The van der Waals surface area contributed by atoms with E-state index in [1.165, 1.54) is 6.92 Å². The monoisotopic (exact) mass is 210 g/mol. The summed E-state index contributed by atoms with van der Waals surface area (Å²) in [5.41, 5.74) is 0. The first-order valence-electron chi connectivity index (χ1n) is 5.04. The number of rotatable bonds is 2. The second-order valence-electron chi connectivity index (χ2n) is 3.70. The minimum absolute atomic E-state index is 0.0925. The minimum Gasteiger partial charge on any atom is -0.453 e. The molecule has 0 bridgehead atoms. The van der Waals surface area contributed by atoms with Gasteiger partial charge in [-0.25, -0.2) is 0 Å². The van der Waals surface area contributed by atoms with Crippen molar-refractivity contribution in [1.82, 2.24) is 0 Å². The van der Waals surface area contributed by atoms with E-state index in [0.717, 1.165) is 6.42 Å². The van der Waals surface area contributed by atoms with Crippen LogP contribution in [0.1, 0.15) is 42.9 Å². The standard InChI is InChI=1S/C11H14O4/c1-7-5-6-13-11(14-7)10-4-3-9(15-10)8(2)12/h3-4,7,11H,5-6H2,1-2H3. The third-order valence-corrected chi connectivity index (χ3v) is 2.36. The van der Waals surface area contributed by atoms with E-state index in [0.29, 0.717) is 18.1 Å². The van der Waals surface area contributed by atoms with Gasteiger partial charge in [0.05, 0.1) is 12.7 Å². The molecule has 1 aromatic heterocycles. The second-order valence-corrected chi connectivity index (χ2v) is 3.70. The van der Waals surface area contributed by atoms with Gasteiger partial charge < -0.3 is 13.9 Å². The van der Waals surface area contributed by atoms with E-state index in [2.05, 4.69) is 0 Å². The number of hydrogen-bond acceptors (Lipinski definition) is 4. The Labute approximate surface area is 88.2 Å². The Kier molecular flexibility index (Phi) is 2.88. The first-order chi connectivity index (χ1) is 7.16. The van der Waals surface area contributed by atoms with Gasteiger partial charge in [0.25, 0.3) is 0 Å². The molecule has 0 amide bonds. The Morgan fingerprint density at radius 1 is 1.47 bits per heavy atom. The summed E-state index contributed by atoms with van der Waals surface area (Å²) in [4.78, 5) is 11.0. The third-order valence-electron chi connectivity index (χ3n) is 2.36. The number of ether oxygens (including phenoxy) is 2. The van der Waals surface area contributed by atoms with Crippen LogP contribution in [0.5, 0.6) is 0 Å². The molecule has 1 aliphatic heterocycles. The highest BCUT2D eigenvalue weighted by Crippen LogP contribution is 2.27. The summed E-state index contributed by atoms with van der Waals surface area (Å²) >= 11 is 0. The Balaban J connectivity index is 2.11. The highest BCUT2D eigenvalue weighted by molar-refractivity contribution is 5.91. The van der Waals surface area contributed by atoms with Crippen LogP contribution in [-0.2, 0) is 9.47 Å². The first-order valence-corrected chi connectivity index (χ1v) is 5.04. The lowest BCUT2D eigenvalue weighted by Gasteiger charge is -2.26. The smallest absolute Gasteiger partial charge is 0.217 e. The molecular formula is C11H14O4. The lowest BCUT2D eigenvalue weighted by Crippen LogP contribution is -2.24. The van der Waals surface area contributed by atoms with E-state index < -0.39 is 6.29 Å². The van der Waals surface area contributed by atoms with Gasteiger partial charge in [-0.1, -0.05) is 0 Å². The summed E-state index contributed by atoms with van der Waals surface area (Å²) in [5, 5.41) is 0. The van der Waals surface area contributed by atoms with Crippen molar-refractivity contribution in [2.45, 2.75) is 32.7 Å². The van der Waals surface area contributed by atoms with Gasteiger partial charge in [0.1, 0.15) is 0 Å². The summed E-state index contributed by atoms with van der Waals surface area (Å²) in [5.74, 6) is 0.812. The zero-order chi connectivity index (χ0) is 10.8. The molecule has 0 N–H and O–H groups in total. The largest absolute Gasteiger partial charge is 0.453 e. The molecule has 1 fully saturated rings. The SMILES string of the molecule is CC(=O)c1ccc(C2OCCC(C)O2)o1. The topological polar surface area (TPSA) is 48.7 Å². The molecule has 2 atom stereocenters. The predicted molar refractivity (Wildman–Crippen MR) is 52.6 cm³/mol. The van der Waals surface area contributed by atoms with Crippen molar-refractivity contribution in [3.8, 4) is 0 Å². The van der Waals surface area contributed by atoms with Crippen LogP contribution in [0.4, 0.5) is 0 Å². The Morgan fingerprint density at radius 3 is 2.87 bits per heavy atom. The van der Waals surface area contributed by atoms with Crippen molar-refractivity contribution in [2.75, 3.05) is 6.61 Å². The van der Waals surface area contributed by atoms with Crippen LogP contribution >= 0.6 is 0 Å². The van der Waals surface area contributed by atoms with Gasteiger partial charge >= 0.3 is 0 Å². The van der Waals surface area contributed by atoms with Crippen molar-refractivity contribution in [3.63, 3.8) is 0 Å². The zero-order valence-corrected chi connectivity index (χ0v) is 8.86. The molecule has 2 heterocycles. The lowest BCUT2D eigenvalue weighted by molar-refractivity contribution is -0.220. The van der Waals surface area contributed by atoms with E-state index in [-0.39, 0.29) is 11.9 Å². The third kappa shape index (κ3) is 2.27. The lowest BCUT2D eigenvalue weighted by atomic mass is 10.2. The van der Waals surface area contributed by atoms with Crippen molar-refractivity contribution >= 4 is 5.78 Å². The Hall–Kier alpha value is -1.13. The Morgan fingerprint density at radius 2 is 2.27 bits per heavy atom. The fraction of sp³-hybridized carbons (Fsp3) is 0.545. The number of carbonyl (C=O) groups excluding carboxylic acids is 1. The molecule has 1 aliphatic rings. The molecule has 2 unspecified atom stereocenters. The van der Waals surface area contributed by atoms with Crippen LogP contribution in [0.2, 0.25) is 0 Å². The van der Waals surface area contributed by atoms with Gasteiger partial charge in [-0.2, -0.15) is 0 Å². The van der Waals surface area contributed by atoms with Crippen LogP contribution in [0.25, 0.3) is 0 Å². The average Bonchev–Trinajstić information content (AvgIpc) is 2.66. The summed E-state index contributed by atoms with van der Waals surface area (Å²) in [6.07, 6.45) is 0.577. The van der Waals surface area contributed by atoms with E-state index in [4.69, 9.17) is 13.9 Å².